The fourth-order valence-electron chi connectivity index (χ4n) is 3.31. The number of nitrogens with zero attached hydrogens (tertiary/aromatic N) is 1. The molecular formula is C14H26N2O3. The van der Waals surface area contributed by atoms with Gasteiger partial charge in [0, 0.05) is 33.3 Å². The summed E-state index contributed by atoms with van der Waals surface area (Å²) >= 11 is 0. The third-order valence-corrected chi connectivity index (χ3v) is 4.47. The fourth-order valence-corrected chi connectivity index (χ4v) is 3.31. The minimum absolute atomic E-state index is 0.0357. The molecule has 0 aromatic rings. The van der Waals surface area contributed by atoms with Gasteiger partial charge in [-0.05, 0) is 32.6 Å². The summed E-state index contributed by atoms with van der Waals surface area (Å²) in [4.78, 5) is 14.8. The molecule has 5 heteroatoms. The highest BCUT2D eigenvalue weighted by molar-refractivity contribution is 5.81. The summed E-state index contributed by atoms with van der Waals surface area (Å²) in [6.45, 7) is 6.10. The molecule has 2 fully saturated rings. The van der Waals surface area contributed by atoms with Crippen molar-refractivity contribution in [3.05, 3.63) is 0 Å². The van der Waals surface area contributed by atoms with Crippen LogP contribution in [-0.2, 0) is 14.3 Å². The van der Waals surface area contributed by atoms with Gasteiger partial charge < -0.3 is 14.8 Å². The minimum atomic E-state index is -0.410. The van der Waals surface area contributed by atoms with Gasteiger partial charge in [-0.25, -0.2) is 0 Å². The molecule has 0 bridgehead atoms. The van der Waals surface area contributed by atoms with E-state index >= 15 is 0 Å². The molecule has 1 aliphatic heterocycles. The van der Waals surface area contributed by atoms with E-state index in [-0.39, 0.29) is 5.97 Å². The maximum absolute atomic E-state index is 12.5. The Kier molecular flexibility index (Phi) is 5.19. The summed E-state index contributed by atoms with van der Waals surface area (Å²) in [5, 5.41) is 3.34. The first-order chi connectivity index (χ1) is 9.23. The molecule has 0 aromatic heterocycles. The summed E-state index contributed by atoms with van der Waals surface area (Å²) < 4.78 is 10.8. The molecule has 0 unspecified atom stereocenters. The second-order valence-corrected chi connectivity index (χ2v) is 5.42. The lowest BCUT2D eigenvalue weighted by Crippen LogP contribution is -2.62. The van der Waals surface area contributed by atoms with Gasteiger partial charge in [-0.2, -0.15) is 0 Å². The Morgan fingerprint density at radius 1 is 1.32 bits per heavy atom. The van der Waals surface area contributed by atoms with Crippen LogP contribution in [-0.4, -0.2) is 62.4 Å². The first-order valence-corrected chi connectivity index (χ1v) is 7.38. The Balaban J connectivity index is 2.11. The van der Waals surface area contributed by atoms with Gasteiger partial charge in [0.1, 0.15) is 5.54 Å². The van der Waals surface area contributed by atoms with E-state index in [1.165, 1.54) is 0 Å². The van der Waals surface area contributed by atoms with Crippen LogP contribution in [0.4, 0.5) is 0 Å². The lowest BCUT2D eigenvalue weighted by molar-refractivity contribution is -0.163. The molecule has 0 radical (unpaired) electrons. The van der Waals surface area contributed by atoms with Crippen molar-refractivity contribution in [3.8, 4) is 0 Å². The zero-order chi connectivity index (χ0) is 13.7. The van der Waals surface area contributed by atoms with Crippen molar-refractivity contribution in [3.63, 3.8) is 0 Å². The zero-order valence-electron chi connectivity index (χ0n) is 12.1. The van der Waals surface area contributed by atoms with E-state index in [1.54, 1.807) is 7.11 Å². The monoisotopic (exact) mass is 270 g/mol. The molecular weight excluding hydrogens is 244 g/mol. The van der Waals surface area contributed by atoms with E-state index in [1.807, 2.05) is 6.92 Å². The largest absolute Gasteiger partial charge is 0.465 e. The Morgan fingerprint density at radius 2 is 1.95 bits per heavy atom. The molecule has 0 aromatic carbocycles. The molecule has 1 saturated carbocycles. The zero-order valence-corrected chi connectivity index (χ0v) is 12.1. The third kappa shape index (κ3) is 3.09. The molecule has 1 heterocycles. The van der Waals surface area contributed by atoms with Gasteiger partial charge in [0.25, 0.3) is 0 Å². The van der Waals surface area contributed by atoms with Crippen molar-refractivity contribution in [2.24, 2.45) is 0 Å². The van der Waals surface area contributed by atoms with Crippen molar-refractivity contribution < 1.29 is 14.3 Å². The third-order valence-electron chi connectivity index (χ3n) is 4.47. The van der Waals surface area contributed by atoms with Crippen LogP contribution in [0, 0.1) is 0 Å². The van der Waals surface area contributed by atoms with Crippen LogP contribution in [0.2, 0.25) is 0 Å². The molecule has 1 aliphatic carbocycles. The lowest BCUT2D eigenvalue weighted by Gasteiger charge is -2.47. The van der Waals surface area contributed by atoms with Gasteiger partial charge in [0.2, 0.25) is 0 Å². The Hall–Kier alpha value is -0.650. The van der Waals surface area contributed by atoms with Gasteiger partial charge in [-0.15, -0.1) is 0 Å². The summed E-state index contributed by atoms with van der Waals surface area (Å²) in [6.07, 6.45) is 3.89. The van der Waals surface area contributed by atoms with Crippen molar-refractivity contribution >= 4 is 5.97 Å². The predicted molar refractivity (Wildman–Crippen MR) is 73.1 cm³/mol. The smallest absolute Gasteiger partial charge is 0.326 e. The van der Waals surface area contributed by atoms with E-state index in [2.05, 4.69) is 10.2 Å². The average molecular weight is 270 g/mol. The topological polar surface area (TPSA) is 50.8 Å². The van der Waals surface area contributed by atoms with Crippen LogP contribution in [0.1, 0.15) is 32.6 Å². The number of methoxy groups -OCH3 is 1. The number of hydrogen-bond acceptors (Lipinski definition) is 5. The lowest BCUT2D eigenvalue weighted by atomic mass is 9.78. The number of rotatable bonds is 4. The average Bonchev–Trinajstić information content (AvgIpc) is 2.48. The molecule has 19 heavy (non-hydrogen) atoms. The second kappa shape index (κ2) is 6.68. The number of ether oxygens (including phenoxy) is 2. The van der Waals surface area contributed by atoms with Gasteiger partial charge in [-0.3, -0.25) is 9.69 Å². The number of hydrogen-bond donors (Lipinski definition) is 1. The second-order valence-electron chi connectivity index (χ2n) is 5.42. The SMILES string of the molecule is CCOC(=O)C1(N2CCNCC2)CCC(OC)CC1. The highest BCUT2D eigenvalue weighted by Gasteiger charge is 2.47. The molecule has 1 saturated heterocycles. The number of piperazine rings is 1. The first-order valence-electron chi connectivity index (χ1n) is 7.38. The molecule has 1 N–H and O–H groups in total. The minimum Gasteiger partial charge on any atom is -0.465 e. The molecule has 2 rings (SSSR count). The Morgan fingerprint density at radius 3 is 2.47 bits per heavy atom. The van der Waals surface area contributed by atoms with E-state index in [0.29, 0.717) is 12.7 Å². The first kappa shape index (κ1) is 14.8. The number of esters is 1. The van der Waals surface area contributed by atoms with Crippen LogP contribution in [0.5, 0.6) is 0 Å². The summed E-state index contributed by atoms with van der Waals surface area (Å²) in [7, 11) is 1.76. The quantitative estimate of drug-likeness (QED) is 0.765. The van der Waals surface area contributed by atoms with E-state index in [9.17, 15) is 4.79 Å². The van der Waals surface area contributed by atoms with Crippen molar-refractivity contribution in [2.75, 3.05) is 39.9 Å². The maximum atomic E-state index is 12.5. The van der Waals surface area contributed by atoms with Gasteiger partial charge in [0.15, 0.2) is 0 Å². The number of carbonyl (C=O) groups excluding carboxylic acids is 1. The van der Waals surface area contributed by atoms with Crippen molar-refractivity contribution in [1.29, 1.82) is 0 Å². The van der Waals surface area contributed by atoms with Crippen LogP contribution in [0.15, 0.2) is 0 Å². The molecule has 5 nitrogen and oxygen atoms in total. The highest BCUT2D eigenvalue weighted by Crippen LogP contribution is 2.36. The van der Waals surface area contributed by atoms with E-state index in [4.69, 9.17) is 9.47 Å². The van der Waals surface area contributed by atoms with E-state index in [0.717, 1.165) is 51.9 Å². The highest BCUT2D eigenvalue weighted by atomic mass is 16.5. The number of nitrogens with one attached hydrogen (secondary N) is 1. The van der Waals surface area contributed by atoms with Crippen LogP contribution in [0.25, 0.3) is 0 Å². The van der Waals surface area contributed by atoms with E-state index < -0.39 is 5.54 Å². The number of carbonyl (C=O) groups is 1. The van der Waals surface area contributed by atoms with Crippen molar-refractivity contribution in [2.45, 2.75) is 44.2 Å². The van der Waals surface area contributed by atoms with Gasteiger partial charge in [-0.1, -0.05) is 0 Å². The predicted octanol–water partition coefficient (Wildman–Crippen LogP) is 0.783. The Labute approximate surface area is 115 Å². The van der Waals surface area contributed by atoms with Crippen molar-refractivity contribution in [1.82, 2.24) is 10.2 Å². The Bertz CT molecular complexity index is 295. The van der Waals surface area contributed by atoms with Gasteiger partial charge >= 0.3 is 5.97 Å². The summed E-state index contributed by atoms with van der Waals surface area (Å²) in [5.74, 6) is -0.0357. The molecule has 2 aliphatic rings. The molecule has 110 valence electrons. The summed E-state index contributed by atoms with van der Waals surface area (Å²) in [5.41, 5.74) is -0.410. The van der Waals surface area contributed by atoms with Crippen LogP contribution >= 0.6 is 0 Å². The normalized spacial score (nSPS) is 33.1. The van der Waals surface area contributed by atoms with Gasteiger partial charge in [0.05, 0.1) is 12.7 Å². The summed E-state index contributed by atoms with van der Waals surface area (Å²) in [6, 6.07) is 0. The molecule has 0 amide bonds. The fraction of sp³-hybridized carbons (Fsp3) is 0.929. The standard InChI is InChI=1S/C14H26N2O3/c1-3-19-13(17)14(16-10-8-15-9-11-16)6-4-12(18-2)5-7-14/h12,15H,3-11H2,1-2H3. The van der Waals surface area contributed by atoms with Crippen LogP contribution < -0.4 is 5.32 Å². The molecule has 0 spiro atoms. The van der Waals surface area contributed by atoms with Crippen LogP contribution in [0.3, 0.4) is 0 Å². The maximum Gasteiger partial charge on any atom is 0.326 e. The molecule has 0 atom stereocenters.